The first-order chi connectivity index (χ1) is 8.09. The Balaban J connectivity index is 2.11. The molecule has 0 spiro atoms. The number of hydrogen-bond donors (Lipinski definition) is 1. The fourth-order valence-corrected chi connectivity index (χ4v) is 3.18. The monoisotopic (exact) mass is 295 g/mol. The maximum Gasteiger partial charge on any atom is 0.320 e. The van der Waals surface area contributed by atoms with Gasteiger partial charge in [0.1, 0.15) is 0 Å². The number of benzene rings is 1. The van der Waals surface area contributed by atoms with Crippen molar-refractivity contribution in [2.75, 3.05) is 26.0 Å². The molecular formula is C12H14BrN3O. The smallest absolute Gasteiger partial charge is 0.320 e. The predicted octanol–water partition coefficient (Wildman–Crippen LogP) is 2.28. The number of nitrogens with zero attached hydrogens (tertiary/aromatic N) is 2. The average Bonchev–Trinajstić information content (AvgIpc) is 2.54. The molecular weight excluding hydrogens is 282 g/mol. The van der Waals surface area contributed by atoms with Gasteiger partial charge >= 0.3 is 6.03 Å². The first-order valence-corrected chi connectivity index (χ1v) is 6.42. The first-order valence-electron chi connectivity index (χ1n) is 5.62. The van der Waals surface area contributed by atoms with E-state index in [9.17, 15) is 4.79 Å². The first kappa shape index (κ1) is 10.9. The Kier molecular flexibility index (Phi) is 2.33. The van der Waals surface area contributed by atoms with Crippen LogP contribution in [0.25, 0.3) is 0 Å². The Morgan fingerprint density at radius 2 is 2.12 bits per heavy atom. The minimum Gasteiger partial charge on any atom is -0.383 e. The molecule has 0 aromatic heterocycles. The highest BCUT2D eigenvalue weighted by Gasteiger charge is 2.45. The molecule has 17 heavy (non-hydrogen) atoms. The van der Waals surface area contributed by atoms with Crippen LogP contribution in [0.2, 0.25) is 0 Å². The summed E-state index contributed by atoms with van der Waals surface area (Å²) >= 11 is 3.49. The van der Waals surface area contributed by atoms with E-state index in [0.717, 1.165) is 16.7 Å². The standard InChI is InChI=1S/C12H14BrN3O/c1-15-10-6-14-9-4-3-7(13)5-8(9)11(10)16(2)12(15)17/h3-5,10-11,14H,6H2,1-2H3. The molecule has 2 heterocycles. The van der Waals surface area contributed by atoms with E-state index in [1.165, 1.54) is 5.56 Å². The normalized spacial score (nSPS) is 26.6. The number of nitrogens with one attached hydrogen (secondary N) is 1. The molecule has 0 bridgehead atoms. The van der Waals surface area contributed by atoms with Gasteiger partial charge in [0.25, 0.3) is 0 Å². The number of halogens is 1. The number of rotatable bonds is 0. The SMILES string of the molecule is CN1C(=O)N(C)C2c3cc(Br)ccc3NCC21. The van der Waals surface area contributed by atoms with E-state index < -0.39 is 0 Å². The maximum atomic E-state index is 12.0. The predicted molar refractivity (Wildman–Crippen MR) is 70.1 cm³/mol. The van der Waals surface area contributed by atoms with E-state index in [0.29, 0.717) is 0 Å². The Bertz CT molecular complexity index is 491. The lowest BCUT2D eigenvalue weighted by Gasteiger charge is -2.33. The zero-order valence-electron chi connectivity index (χ0n) is 9.77. The van der Waals surface area contributed by atoms with Crippen molar-refractivity contribution in [1.29, 1.82) is 0 Å². The van der Waals surface area contributed by atoms with Crippen LogP contribution in [0.15, 0.2) is 22.7 Å². The van der Waals surface area contributed by atoms with E-state index in [1.54, 1.807) is 0 Å². The molecule has 2 atom stereocenters. The van der Waals surface area contributed by atoms with Crippen molar-refractivity contribution in [3.8, 4) is 0 Å². The van der Waals surface area contributed by atoms with Gasteiger partial charge in [0.15, 0.2) is 0 Å². The summed E-state index contributed by atoms with van der Waals surface area (Å²) in [5.74, 6) is 0. The quantitative estimate of drug-likeness (QED) is 0.797. The van der Waals surface area contributed by atoms with Gasteiger partial charge in [-0.3, -0.25) is 0 Å². The molecule has 3 rings (SSSR count). The van der Waals surface area contributed by atoms with Crippen LogP contribution in [0.5, 0.6) is 0 Å². The molecule has 1 aromatic carbocycles. The van der Waals surface area contributed by atoms with Gasteiger partial charge in [0.2, 0.25) is 0 Å². The van der Waals surface area contributed by atoms with Crippen LogP contribution in [0.3, 0.4) is 0 Å². The highest BCUT2D eigenvalue weighted by molar-refractivity contribution is 9.10. The zero-order valence-corrected chi connectivity index (χ0v) is 11.4. The zero-order chi connectivity index (χ0) is 12.2. The molecule has 2 aliphatic heterocycles. The van der Waals surface area contributed by atoms with Crippen molar-refractivity contribution >= 4 is 27.6 Å². The van der Waals surface area contributed by atoms with Gasteiger partial charge in [-0.1, -0.05) is 15.9 Å². The number of urea groups is 1. The Morgan fingerprint density at radius 3 is 2.88 bits per heavy atom. The van der Waals surface area contributed by atoms with Crippen LogP contribution in [-0.4, -0.2) is 42.5 Å². The van der Waals surface area contributed by atoms with Gasteiger partial charge < -0.3 is 15.1 Å². The van der Waals surface area contributed by atoms with Crippen molar-refractivity contribution in [2.45, 2.75) is 12.1 Å². The van der Waals surface area contributed by atoms with E-state index in [1.807, 2.05) is 30.0 Å². The fraction of sp³-hybridized carbons (Fsp3) is 0.417. The molecule has 2 unspecified atom stereocenters. The van der Waals surface area contributed by atoms with Crippen molar-refractivity contribution < 1.29 is 4.79 Å². The topological polar surface area (TPSA) is 35.6 Å². The third-order valence-electron chi connectivity index (χ3n) is 3.72. The van der Waals surface area contributed by atoms with Crippen LogP contribution >= 0.6 is 15.9 Å². The highest BCUT2D eigenvalue weighted by Crippen LogP contribution is 2.41. The number of likely N-dealkylation sites (N-methyl/N-ethyl adjacent to an activating group) is 2. The van der Waals surface area contributed by atoms with Gasteiger partial charge in [-0.05, 0) is 18.2 Å². The van der Waals surface area contributed by atoms with Gasteiger partial charge in [0.05, 0.1) is 12.1 Å². The van der Waals surface area contributed by atoms with Gasteiger partial charge in [-0.2, -0.15) is 0 Å². The Morgan fingerprint density at radius 1 is 1.35 bits per heavy atom. The second-order valence-corrected chi connectivity index (χ2v) is 5.54. The maximum absolute atomic E-state index is 12.0. The molecule has 90 valence electrons. The van der Waals surface area contributed by atoms with Gasteiger partial charge in [-0.15, -0.1) is 0 Å². The second kappa shape index (κ2) is 3.63. The number of anilines is 1. The molecule has 0 radical (unpaired) electrons. The van der Waals surface area contributed by atoms with Crippen LogP contribution in [0, 0.1) is 0 Å². The van der Waals surface area contributed by atoms with E-state index in [2.05, 4.69) is 33.4 Å². The van der Waals surface area contributed by atoms with Gasteiger partial charge in [0, 0.05) is 36.4 Å². The van der Waals surface area contributed by atoms with Crippen molar-refractivity contribution in [3.05, 3.63) is 28.2 Å². The number of carbonyl (C=O) groups excluding carboxylic acids is 1. The van der Waals surface area contributed by atoms with E-state index >= 15 is 0 Å². The lowest BCUT2D eigenvalue weighted by atomic mass is 9.94. The molecule has 0 saturated carbocycles. The summed E-state index contributed by atoms with van der Waals surface area (Å²) in [5, 5.41) is 3.39. The molecule has 2 amide bonds. The second-order valence-electron chi connectivity index (χ2n) is 4.63. The largest absolute Gasteiger partial charge is 0.383 e. The van der Waals surface area contributed by atoms with Crippen LogP contribution in [-0.2, 0) is 0 Å². The Labute approximate surface area is 109 Å². The van der Waals surface area contributed by atoms with Crippen LogP contribution in [0.4, 0.5) is 10.5 Å². The van der Waals surface area contributed by atoms with E-state index in [4.69, 9.17) is 0 Å². The summed E-state index contributed by atoms with van der Waals surface area (Å²) in [6.45, 7) is 0.811. The summed E-state index contributed by atoms with van der Waals surface area (Å²) in [4.78, 5) is 15.6. The number of fused-ring (bicyclic) bond motifs is 3. The third kappa shape index (κ3) is 1.45. The Hall–Kier alpha value is -1.23. The number of hydrogen-bond acceptors (Lipinski definition) is 2. The van der Waals surface area contributed by atoms with Gasteiger partial charge in [-0.25, -0.2) is 4.79 Å². The molecule has 2 aliphatic rings. The van der Waals surface area contributed by atoms with Crippen molar-refractivity contribution in [1.82, 2.24) is 9.80 Å². The van der Waals surface area contributed by atoms with Crippen LogP contribution in [0.1, 0.15) is 11.6 Å². The van der Waals surface area contributed by atoms with E-state index in [-0.39, 0.29) is 18.1 Å². The fourth-order valence-electron chi connectivity index (χ4n) is 2.80. The summed E-state index contributed by atoms with van der Waals surface area (Å²) in [6.07, 6.45) is 0. The summed E-state index contributed by atoms with van der Waals surface area (Å²) in [7, 11) is 3.74. The molecule has 1 aromatic rings. The number of amides is 2. The van der Waals surface area contributed by atoms with Crippen molar-refractivity contribution in [3.63, 3.8) is 0 Å². The third-order valence-corrected chi connectivity index (χ3v) is 4.21. The highest BCUT2D eigenvalue weighted by atomic mass is 79.9. The van der Waals surface area contributed by atoms with Crippen molar-refractivity contribution in [2.24, 2.45) is 0 Å². The molecule has 1 saturated heterocycles. The summed E-state index contributed by atoms with van der Waals surface area (Å²) < 4.78 is 1.05. The summed E-state index contributed by atoms with van der Waals surface area (Å²) in [6, 6.07) is 6.64. The number of carbonyl (C=O) groups is 1. The molecule has 4 nitrogen and oxygen atoms in total. The minimum atomic E-state index is 0.0922. The minimum absolute atomic E-state index is 0.0922. The summed E-state index contributed by atoms with van der Waals surface area (Å²) in [5.41, 5.74) is 2.32. The molecule has 5 heteroatoms. The molecule has 0 aliphatic carbocycles. The molecule has 1 N–H and O–H groups in total. The van der Waals surface area contributed by atoms with Crippen LogP contribution < -0.4 is 5.32 Å². The molecule has 1 fully saturated rings. The lowest BCUT2D eigenvalue weighted by Crippen LogP contribution is -2.39. The average molecular weight is 296 g/mol. The lowest BCUT2D eigenvalue weighted by molar-refractivity contribution is 0.200.